The summed E-state index contributed by atoms with van der Waals surface area (Å²) < 4.78 is 5.04. The van der Waals surface area contributed by atoms with Crippen molar-refractivity contribution in [1.82, 2.24) is 29.9 Å². The standard InChI is InChI=1S/C20H12N6OS/c1-3-13-15(25-19(23-13)17-8-27-9-22-17)5-11(1)12-2-4-14-16(6-12)26-20(24-14)18-7-21-10-28-18/h1-10H,(H,23,25)(H,24,26). The van der Waals surface area contributed by atoms with Crippen LogP contribution in [-0.2, 0) is 0 Å². The Bertz CT molecular complexity index is 1300. The van der Waals surface area contributed by atoms with Crippen molar-refractivity contribution >= 4 is 33.4 Å². The van der Waals surface area contributed by atoms with Crippen molar-refractivity contribution in [3.05, 3.63) is 60.8 Å². The molecule has 2 aromatic carbocycles. The van der Waals surface area contributed by atoms with Crippen LogP contribution in [-0.4, -0.2) is 29.9 Å². The van der Waals surface area contributed by atoms with E-state index in [1.807, 2.05) is 18.3 Å². The largest absolute Gasteiger partial charge is 0.451 e. The maximum Gasteiger partial charge on any atom is 0.181 e. The van der Waals surface area contributed by atoms with E-state index < -0.39 is 0 Å². The fourth-order valence-corrected chi connectivity index (χ4v) is 3.84. The van der Waals surface area contributed by atoms with Gasteiger partial charge in [-0.3, -0.25) is 4.98 Å². The Morgan fingerprint density at radius 1 is 0.857 bits per heavy atom. The maximum absolute atomic E-state index is 5.04. The predicted octanol–water partition coefficient (Wildman–Crippen LogP) is 4.88. The number of imidazole rings is 2. The Morgan fingerprint density at radius 3 is 2.21 bits per heavy atom. The van der Waals surface area contributed by atoms with E-state index in [1.54, 1.807) is 23.1 Å². The Hall–Kier alpha value is -3.78. The van der Waals surface area contributed by atoms with E-state index >= 15 is 0 Å². The van der Waals surface area contributed by atoms with Gasteiger partial charge in [-0.25, -0.2) is 15.0 Å². The van der Waals surface area contributed by atoms with E-state index in [2.05, 4.69) is 54.2 Å². The summed E-state index contributed by atoms with van der Waals surface area (Å²) in [6.07, 6.45) is 4.79. The molecule has 4 heterocycles. The first-order valence-corrected chi connectivity index (χ1v) is 9.49. The van der Waals surface area contributed by atoms with Gasteiger partial charge in [0.25, 0.3) is 0 Å². The molecular formula is C20H12N6OS. The summed E-state index contributed by atoms with van der Waals surface area (Å²) in [5, 5.41) is 0. The Labute approximate surface area is 162 Å². The van der Waals surface area contributed by atoms with Crippen LogP contribution in [0.5, 0.6) is 0 Å². The number of nitrogens with one attached hydrogen (secondary N) is 2. The van der Waals surface area contributed by atoms with Crippen LogP contribution in [0.2, 0.25) is 0 Å². The van der Waals surface area contributed by atoms with E-state index in [-0.39, 0.29) is 0 Å². The number of nitrogens with zero attached hydrogens (tertiary/aromatic N) is 4. The lowest BCUT2D eigenvalue weighted by atomic mass is 10.0. The molecule has 0 unspecified atom stereocenters. The smallest absolute Gasteiger partial charge is 0.181 e. The van der Waals surface area contributed by atoms with Crippen LogP contribution < -0.4 is 0 Å². The molecule has 28 heavy (non-hydrogen) atoms. The van der Waals surface area contributed by atoms with Gasteiger partial charge < -0.3 is 14.4 Å². The molecule has 0 fully saturated rings. The molecule has 134 valence electrons. The van der Waals surface area contributed by atoms with E-state index in [0.717, 1.165) is 43.9 Å². The van der Waals surface area contributed by atoms with Crippen molar-refractivity contribution < 1.29 is 4.42 Å². The summed E-state index contributed by atoms with van der Waals surface area (Å²) in [7, 11) is 0. The molecule has 4 aromatic heterocycles. The summed E-state index contributed by atoms with van der Waals surface area (Å²) in [5.41, 5.74) is 8.46. The minimum Gasteiger partial charge on any atom is -0.451 e. The number of aromatic nitrogens is 6. The van der Waals surface area contributed by atoms with Crippen molar-refractivity contribution in [2.24, 2.45) is 0 Å². The lowest BCUT2D eigenvalue weighted by Gasteiger charge is -2.01. The molecule has 0 spiro atoms. The summed E-state index contributed by atoms with van der Waals surface area (Å²) in [5.74, 6) is 1.54. The third kappa shape index (κ3) is 2.43. The number of thiazole rings is 1. The molecule has 0 atom stereocenters. The van der Waals surface area contributed by atoms with Crippen molar-refractivity contribution in [3.8, 4) is 33.3 Å². The van der Waals surface area contributed by atoms with Crippen LogP contribution in [0.3, 0.4) is 0 Å². The molecule has 0 radical (unpaired) electrons. The van der Waals surface area contributed by atoms with Gasteiger partial charge in [-0.1, -0.05) is 12.1 Å². The minimum absolute atomic E-state index is 0.687. The molecule has 0 bridgehead atoms. The third-order valence-electron chi connectivity index (χ3n) is 4.64. The highest BCUT2D eigenvalue weighted by Crippen LogP contribution is 2.29. The quantitative estimate of drug-likeness (QED) is 0.453. The minimum atomic E-state index is 0.687. The highest BCUT2D eigenvalue weighted by Gasteiger charge is 2.11. The average Bonchev–Trinajstić information content (AvgIpc) is 3.52. The maximum atomic E-state index is 5.04. The fourth-order valence-electron chi connectivity index (χ4n) is 3.28. The number of rotatable bonds is 3. The molecule has 0 aliphatic rings. The highest BCUT2D eigenvalue weighted by atomic mass is 32.1. The number of H-pyrrole nitrogens is 2. The molecule has 7 nitrogen and oxygen atoms in total. The first-order valence-electron chi connectivity index (χ1n) is 8.61. The number of aromatic amines is 2. The zero-order valence-corrected chi connectivity index (χ0v) is 15.2. The van der Waals surface area contributed by atoms with Crippen LogP contribution >= 0.6 is 11.3 Å². The van der Waals surface area contributed by atoms with Crippen LogP contribution in [0.4, 0.5) is 0 Å². The lowest BCUT2D eigenvalue weighted by Crippen LogP contribution is -1.79. The van der Waals surface area contributed by atoms with Gasteiger partial charge in [-0.15, -0.1) is 11.3 Å². The first kappa shape index (κ1) is 15.3. The normalized spacial score (nSPS) is 11.6. The molecule has 0 saturated heterocycles. The second-order valence-electron chi connectivity index (χ2n) is 6.37. The molecule has 2 N–H and O–H groups in total. The van der Waals surface area contributed by atoms with Crippen LogP contribution in [0, 0.1) is 0 Å². The van der Waals surface area contributed by atoms with E-state index in [4.69, 9.17) is 4.42 Å². The van der Waals surface area contributed by atoms with Crippen molar-refractivity contribution in [1.29, 1.82) is 0 Å². The fraction of sp³-hybridized carbons (Fsp3) is 0. The average molecular weight is 384 g/mol. The Kier molecular flexibility index (Phi) is 3.20. The number of fused-ring (bicyclic) bond motifs is 2. The summed E-state index contributed by atoms with van der Waals surface area (Å²) in [4.78, 5) is 25.2. The topological polar surface area (TPSA) is 96.3 Å². The predicted molar refractivity (Wildman–Crippen MR) is 108 cm³/mol. The second kappa shape index (κ2) is 5.86. The molecule has 8 heteroatoms. The van der Waals surface area contributed by atoms with Gasteiger partial charge in [0, 0.05) is 6.20 Å². The zero-order chi connectivity index (χ0) is 18.5. The Morgan fingerprint density at radius 2 is 1.57 bits per heavy atom. The number of oxazole rings is 1. The molecule has 6 aromatic rings. The zero-order valence-electron chi connectivity index (χ0n) is 14.4. The van der Waals surface area contributed by atoms with Crippen LogP contribution in [0.1, 0.15) is 0 Å². The molecule has 0 amide bonds. The molecular weight excluding hydrogens is 372 g/mol. The van der Waals surface area contributed by atoms with E-state index in [0.29, 0.717) is 11.5 Å². The first-order chi connectivity index (χ1) is 13.8. The van der Waals surface area contributed by atoms with Crippen LogP contribution in [0.15, 0.2) is 65.2 Å². The van der Waals surface area contributed by atoms with Gasteiger partial charge >= 0.3 is 0 Å². The third-order valence-corrected chi connectivity index (χ3v) is 5.42. The van der Waals surface area contributed by atoms with Crippen molar-refractivity contribution in [2.75, 3.05) is 0 Å². The molecule has 6 rings (SSSR count). The Balaban J connectivity index is 1.42. The van der Waals surface area contributed by atoms with Gasteiger partial charge in [-0.05, 0) is 35.4 Å². The summed E-state index contributed by atoms with van der Waals surface area (Å²) in [6.45, 7) is 0. The van der Waals surface area contributed by atoms with E-state index in [9.17, 15) is 0 Å². The number of benzene rings is 2. The highest BCUT2D eigenvalue weighted by molar-refractivity contribution is 7.13. The van der Waals surface area contributed by atoms with Gasteiger partial charge in [0.05, 0.1) is 32.5 Å². The lowest BCUT2D eigenvalue weighted by molar-refractivity contribution is 0.558. The van der Waals surface area contributed by atoms with Gasteiger partial charge in [0.2, 0.25) is 0 Å². The number of hydrogen-bond acceptors (Lipinski definition) is 6. The molecule has 0 aliphatic heterocycles. The van der Waals surface area contributed by atoms with Crippen molar-refractivity contribution in [2.45, 2.75) is 0 Å². The van der Waals surface area contributed by atoms with Gasteiger partial charge in [0.1, 0.15) is 17.8 Å². The number of hydrogen-bond donors (Lipinski definition) is 2. The van der Waals surface area contributed by atoms with Gasteiger partial charge in [-0.2, -0.15) is 0 Å². The van der Waals surface area contributed by atoms with Gasteiger partial charge in [0.15, 0.2) is 12.2 Å². The summed E-state index contributed by atoms with van der Waals surface area (Å²) >= 11 is 1.57. The molecule has 0 aliphatic carbocycles. The van der Waals surface area contributed by atoms with Crippen LogP contribution in [0.25, 0.3) is 55.4 Å². The second-order valence-corrected chi connectivity index (χ2v) is 7.26. The monoisotopic (exact) mass is 384 g/mol. The van der Waals surface area contributed by atoms with E-state index in [1.165, 1.54) is 6.39 Å². The summed E-state index contributed by atoms with van der Waals surface area (Å²) in [6, 6.07) is 12.4. The van der Waals surface area contributed by atoms with Crippen molar-refractivity contribution in [3.63, 3.8) is 0 Å². The molecule has 0 saturated carbocycles. The SMILES string of the molecule is c1nc(-c2nc3ccc(-c4ccc5nc(-c6cncs6)[nH]c5c4)cc3[nH]2)co1.